The number of hydrogen-bond donors (Lipinski definition) is 3. The van der Waals surface area contributed by atoms with Gasteiger partial charge in [-0.05, 0) is 31.1 Å². The van der Waals surface area contributed by atoms with Crippen LogP contribution in [0.25, 0.3) is 0 Å². The zero-order valence-corrected chi connectivity index (χ0v) is 19.3. The smallest absolute Gasteiger partial charge is 0.247 e. The number of para-hydroxylation sites is 1. The van der Waals surface area contributed by atoms with E-state index in [0.717, 1.165) is 18.4 Å². The molecule has 0 spiro atoms. The average Bonchev–Trinajstić information content (AvgIpc) is 2.79. The summed E-state index contributed by atoms with van der Waals surface area (Å²) >= 11 is 0. The van der Waals surface area contributed by atoms with E-state index in [4.69, 9.17) is 14.6 Å². The van der Waals surface area contributed by atoms with Gasteiger partial charge in [0.1, 0.15) is 18.0 Å². The van der Waals surface area contributed by atoms with Crippen LogP contribution in [0.1, 0.15) is 38.2 Å². The maximum absolute atomic E-state index is 13.0. The van der Waals surface area contributed by atoms with Gasteiger partial charge < -0.3 is 29.9 Å². The number of carbonyl (C=O) groups excluding carboxylic acids is 2. The quantitative estimate of drug-likeness (QED) is 0.448. The molecule has 1 aromatic rings. The van der Waals surface area contributed by atoms with Gasteiger partial charge in [0.05, 0.1) is 19.3 Å². The van der Waals surface area contributed by atoms with Gasteiger partial charge in [0.15, 0.2) is 0 Å². The van der Waals surface area contributed by atoms with Crippen LogP contribution in [-0.2, 0) is 14.3 Å². The van der Waals surface area contributed by atoms with Crippen LogP contribution < -0.4 is 10.1 Å². The number of rotatable bonds is 12. The number of carbonyl (C=O) groups is 2. The van der Waals surface area contributed by atoms with Crippen molar-refractivity contribution in [2.45, 2.75) is 57.8 Å². The highest BCUT2D eigenvalue weighted by molar-refractivity contribution is 5.94. The van der Waals surface area contributed by atoms with Gasteiger partial charge in [-0.1, -0.05) is 31.5 Å². The lowest BCUT2D eigenvalue weighted by Gasteiger charge is -2.40. The number of ether oxygens (including phenoxy) is 2. The topological polar surface area (TPSA) is 108 Å². The molecule has 3 N–H and O–H groups in total. The highest BCUT2D eigenvalue weighted by Crippen LogP contribution is 2.29. The Labute approximate surface area is 190 Å². The molecule has 0 unspecified atom stereocenters. The van der Waals surface area contributed by atoms with Gasteiger partial charge in [-0.3, -0.25) is 9.59 Å². The van der Waals surface area contributed by atoms with Crippen molar-refractivity contribution in [2.24, 2.45) is 0 Å². The first-order valence-corrected chi connectivity index (χ1v) is 11.2. The van der Waals surface area contributed by atoms with Crippen LogP contribution in [0.4, 0.5) is 0 Å². The summed E-state index contributed by atoms with van der Waals surface area (Å²) in [5.74, 6) is 0.172. The Bertz CT molecular complexity index is 782. The minimum absolute atomic E-state index is 0.0837. The number of amides is 2. The summed E-state index contributed by atoms with van der Waals surface area (Å²) < 4.78 is 11.3. The second-order valence-corrected chi connectivity index (χ2v) is 7.96. The van der Waals surface area contributed by atoms with Crippen molar-refractivity contribution < 1.29 is 29.3 Å². The number of methoxy groups -OCH3 is 1. The SMILES string of the molecule is CCCCC(=O)N(CCOC)[C@@H]1CC(C(=O)NCCO)=C[C@H](Oc2ccccc2C)[C@H]1O. The molecule has 178 valence electrons. The Morgan fingerprint density at radius 2 is 2.03 bits per heavy atom. The fourth-order valence-corrected chi connectivity index (χ4v) is 3.75. The number of hydrogen-bond acceptors (Lipinski definition) is 6. The minimum atomic E-state index is -1.02. The fraction of sp³-hybridized carbons (Fsp3) is 0.583. The highest BCUT2D eigenvalue weighted by atomic mass is 16.5. The van der Waals surface area contributed by atoms with Crippen LogP contribution in [0.2, 0.25) is 0 Å². The lowest BCUT2D eigenvalue weighted by molar-refractivity contribution is -0.139. The summed E-state index contributed by atoms with van der Waals surface area (Å²) in [7, 11) is 1.56. The maximum Gasteiger partial charge on any atom is 0.247 e. The Morgan fingerprint density at radius 3 is 2.69 bits per heavy atom. The lowest BCUT2D eigenvalue weighted by Crippen LogP contribution is -2.55. The van der Waals surface area contributed by atoms with Crippen LogP contribution in [0.3, 0.4) is 0 Å². The summed E-state index contributed by atoms with van der Waals surface area (Å²) in [6, 6.07) is 6.81. The van der Waals surface area contributed by atoms with E-state index in [2.05, 4.69) is 5.32 Å². The van der Waals surface area contributed by atoms with Crippen LogP contribution in [0, 0.1) is 6.92 Å². The molecule has 3 atom stereocenters. The van der Waals surface area contributed by atoms with Crippen molar-refractivity contribution in [3.8, 4) is 5.75 Å². The largest absolute Gasteiger partial charge is 0.483 e. The molecule has 0 fully saturated rings. The van der Waals surface area contributed by atoms with Crippen LogP contribution in [-0.4, -0.2) is 78.6 Å². The summed E-state index contributed by atoms with van der Waals surface area (Å²) in [6.45, 7) is 4.49. The second kappa shape index (κ2) is 13.2. The van der Waals surface area contributed by atoms with E-state index in [1.165, 1.54) is 0 Å². The zero-order chi connectivity index (χ0) is 23.5. The number of benzene rings is 1. The summed E-state index contributed by atoms with van der Waals surface area (Å²) in [5.41, 5.74) is 1.31. The molecular weight excluding hydrogens is 412 g/mol. The van der Waals surface area contributed by atoms with Gasteiger partial charge >= 0.3 is 0 Å². The summed E-state index contributed by atoms with van der Waals surface area (Å²) in [5, 5.41) is 22.9. The van der Waals surface area contributed by atoms with Crippen LogP contribution >= 0.6 is 0 Å². The fourth-order valence-electron chi connectivity index (χ4n) is 3.75. The third kappa shape index (κ3) is 7.05. The van der Waals surface area contributed by atoms with Crippen LogP contribution in [0.15, 0.2) is 35.9 Å². The molecule has 8 nitrogen and oxygen atoms in total. The molecule has 0 radical (unpaired) electrons. The molecule has 1 aliphatic carbocycles. The third-order valence-electron chi connectivity index (χ3n) is 5.57. The molecule has 1 aliphatic rings. The van der Waals surface area contributed by atoms with Gasteiger partial charge in [0, 0.05) is 38.6 Å². The molecule has 2 amide bonds. The third-order valence-corrected chi connectivity index (χ3v) is 5.57. The molecule has 0 aromatic heterocycles. The van der Waals surface area contributed by atoms with Crippen molar-refractivity contribution in [3.63, 3.8) is 0 Å². The van der Waals surface area contributed by atoms with Gasteiger partial charge in [-0.2, -0.15) is 0 Å². The zero-order valence-electron chi connectivity index (χ0n) is 19.3. The van der Waals surface area contributed by atoms with Crippen molar-refractivity contribution in [1.29, 1.82) is 0 Å². The minimum Gasteiger partial charge on any atom is -0.483 e. The van der Waals surface area contributed by atoms with Gasteiger partial charge in [-0.15, -0.1) is 0 Å². The lowest BCUT2D eigenvalue weighted by atomic mass is 9.88. The monoisotopic (exact) mass is 448 g/mol. The Balaban J connectivity index is 2.35. The second-order valence-electron chi connectivity index (χ2n) is 7.96. The Morgan fingerprint density at radius 1 is 1.28 bits per heavy atom. The molecule has 8 heteroatoms. The van der Waals surface area contributed by atoms with E-state index < -0.39 is 18.2 Å². The number of nitrogens with zero attached hydrogens (tertiary/aromatic N) is 1. The van der Waals surface area contributed by atoms with Gasteiger partial charge in [-0.25, -0.2) is 0 Å². The molecule has 0 aliphatic heterocycles. The van der Waals surface area contributed by atoms with Crippen molar-refractivity contribution in [2.75, 3.05) is 33.4 Å². The first kappa shape index (κ1) is 25.8. The highest BCUT2D eigenvalue weighted by Gasteiger charge is 2.40. The Kier molecular flexibility index (Phi) is 10.7. The van der Waals surface area contributed by atoms with E-state index in [1.54, 1.807) is 24.2 Å². The maximum atomic E-state index is 13.0. The molecule has 0 heterocycles. The number of aliphatic hydroxyl groups is 2. The van der Waals surface area contributed by atoms with E-state index in [1.807, 2.05) is 32.0 Å². The molecule has 0 bridgehead atoms. The van der Waals surface area contributed by atoms with E-state index >= 15 is 0 Å². The first-order valence-electron chi connectivity index (χ1n) is 11.2. The van der Waals surface area contributed by atoms with Crippen molar-refractivity contribution >= 4 is 11.8 Å². The predicted molar refractivity (Wildman–Crippen MR) is 121 cm³/mol. The number of aryl methyl sites for hydroxylation is 1. The molecule has 2 rings (SSSR count). The van der Waals surface area contributed by atoms with Gasteiger partial charge in [0.2, 0.25) is 11.8 Å². The van der Waals surface area contributed by atoms with Crippen molar-refractivity contribution in [3.05, 3.63) is 41.5 Å². The molecule has 0 saturated carbocycles. The van der Waals surface area contributed by atoms with Gasteiger partial charge in [0.25, 0.3) is 0 Å². The summed E-state index contributed by atoms with van der Waals surface area (Å²) in [4.78, 5) is 27.3. The van der Waals surface area contributed by atoms with Crippen LogP contribution in [0.5, 0.6) is 5.75 Å². The number of unbranched alkanes of at least 4 members (excludes halogenated alkanes) is 1. The standard InChI is InChI=1S/C24H36N2O6/c1-4-5-10-22(28)26(12-14-31-3)19-15-18(24(30)25-11-13-27)16-21(23(19)29)32-20-9-7-6-8-17(20)2/h6-9,16,19,21,23,27,29H,4-5,10-15H2,1-3H3,(H,25,30)/t19-,21+,23+/m1/s1. The predicted octanol–water partition coefficient (Wildman–Crippen LogP) is 1.58. The van der Waals surface area contributed by atoms with E-state index in [-0.39, 0.29) is 31.4 Å². The normalized spacial score (nSPS) is 20.4. The van der Waals surface area contributed by atoms with E-state index in [9.17, 15) is 14.7 Å². The van der Waals surface area contributed by atoms with Crippen molar-refractivity contribution in [1.82, 2.24) is 10.2 Å². The summed E-state index contributed by atoms with van der Waals surface area (Å²) in [6.07, 6.45) is 1.96. The number of aliphatic hydroxyl groups excluding tert-OH is 2. The Hall–Kier alpha value is -2.42. The molecule has 0 saturated heterocycles. The van der Waals surface area contributed by atoms with E-state index in [0.29, 0.717) is 30.9 Å². The number of nitrogens with one attached hydrogen (secondary N) is 1. The molecule has 32 heavy (non-hydrogen) atoms. The molecule has 1 aromatic carbocycles. The average molecular weight is 449 g/mol. The first-order chi connectivity index (χ1) is 15.4. The molecular formula is C24H36N2O6.